The lowest BCUT2D eigenvalue weighted by Crippen LogP contribution is -2.22. The van der Waals surface area contributed by atoms with Crippen molar-refractivity contribution in [2.75, 3.05) is 0 Å². The Balaban J connectivity index is 1.77. The zero-order valence-corrected chi connectivity index (χ0v) is 15.6. The summed E-state index contributed by atoms with van der Waals surface area (Å²) < 4.78 is 0. The second-order valence-corrected chi connectivity index (χ2v) is 6.73. The first-order valence-electron chi connectivity index (χ1n) is 9.66. The van der Waals surface area contributed by atoms with E-state index in [1.54, 1.807) is 0 Å². The molecule has 26 heavy (non-hydrogen) atoms. The molecule has 1 heterocycles. The summed E-state index contributed by atoms with van der Waals surface area (Å²) in [5.74, 6) is 0. The predicted molar refractivity (Wildman–Crippen MR) is 110 cm³/mol. The number of unbranched alkanes of at least 4 members (excludes halogenated alkanes) is 2. The van der Waals surface area contributed by atoms with Gasteiger partial charge in [-0.3, -0.25) is 4.98 Å². The minimum Gasteiger partial charge on any atom is -0.305 e. The summed E-state index contributed by atoms with van der Waals surface area (Å²) in [6.07, 6.45) is 4.84. The average Bonchev–Trinajstić information content (AvgIpc) is 2.72. The summed E-state index contributed by atoms with van der Waals surface area (Å²) in [5, 5.41) is 3.73. The summed E-state index contributed by atoms with van der Waals surface area (Å²) in [4.78, 5) is 4.97. The van der Waals surface area contributed by atoms with E-state index >= 15 is 0 Å². The van der Waals surface area contributed by atoms with Gasteiger partial charge in [-0.25, -0.2) is 0 Å². The number of pyridine rings is 1. The Kier molecular flexibility index (Phi) is 6.97. The molecular formula is C24H28N2. The van der Waals surface area contributed by atoms with E-state index in [0.29, 0.717) is 0 Å². The molecule has 0 spiro atoms. The van der Waals surface area contributed by atoms with Crippen molar-refractivity contribution in [3.8, 4) is 11.3 Å². The monoisotopic (exact) mass is 344 g/mol. The van der Waals surface area contributed by atoms with Crippen molar-refractivity contribution >= 4 is 0 Å². The minimum absolute atomic E-state index is 0.283. The van der Waals surface area contributed by atoms with Gasteiger partial charge >= 0.3 is 0 Å². The van der Waals surface area contributed by atoms with Gasteiger partial charge in [-0.15, -0.1) is 0 Å². The maximum absolute atomic E-state index is 4.97. The van der Waals surface area contributed by atoms with Crippen molar-refractivity contribution < 1.29 is 0 Å². The summed E-state index contributed by atoms with van der Waals surface area (Å²) in [6, 6.07) is 27.7. The molecule has 0 amide bonds. The molecule has 2 nitrogen and oxygen atoms in total. The molecule has 2 heteroatoms. The maximum atomic E-state index is 4.97. The van der Waals surface area contributed by atoms with E-state index in [4.69, 9.17) is 4.98 Å². The Morgan fingerprint density at radius 1 is 0.808 bits per heavy atom. The van der Waals surface area contributed by atoms with E-state index in [2.05, 4.69) is 85.0 Å². The zero-order chi connectivity index (χ0) is 18.0. The summed E-state index contributed by atoms with van der Waals surface area (Å²) in [7, 11) is 0. The Morgan fingerprint density at radius 3 is 2.27 bits per heavy atom. The third-order valence-electron chi connectivity index (χ3n) is 4.69. The number of aromatic nitrogens is 1. The highest BCUT2D eigenvalue weighted by atomic mass is 14.9. The fourth-order valence-electron chi connectivity index (χ4n) is 3.21. The topological polar surface area (TPSA) is 24.9 Å². The molecule has 1 aromatic heterocycles. The molecule has 0 aliphatic carbocycles. The van der Waals surface area contributed by atoms with Crippen LogP contribution in [0.5, 0.6) is 0 Å². The minimum atomic E-state index is 0.283. The van der Waals surface area contributed by atoms with Crippen LogP contribution in [0.3, 0.4) is 0 Å². The van der Waals surface area contributed by atoms with Gasteiger partial charge in [0, 0.05) is 18.2 Å². The molecule has 0 aliphatic rings. The van der Waals surface area contributed by atoms with Gasteiger partial charge in [0.25, 0.3) is 0 Å². The quantitative estimate of drug-likeness (QED) is 0.470. The van der Waals surface area contributed by atoms with Crippen LogP contribution in [0.15, 0.2) is 78.9 Å². The van der Waals surface area contributed by atoms with Gasteiger partial charge in [0.2, 0.25) is 0 Å². The van der Waals surface area contributed by atoms with E-state index in [1.807, 2.05) is 6.07 Å². The van der Waals surface area contributed by atoms with Crippen molar-refractivity contribution in [2.45, 2.75) is 45.2 Å². The molecule has 0 saturated carbocycles. The lowest BCUT2D eigenvalue weighted by molar-refractivity contribution is 0.465. The van der Waals surface area contributed by atoms with Crippen LogP contribution in [0.4, 0.5) is 0 Å². The number of nitrogens with zero attached hydrogens (tertiary/aromatic N) is 1. The van der Waals surface area contributed by atoms with Gasteiger partial charge in [-0.2, -0.15) is 0 Å². The van der Waals surface area contributed by atoms with Gasteiger partial charge < -0.3 is 5.32 Å². The lowest BCUT2D eigenvalue weighted by Gasteiger charge is -2.19. The fourth-order valence-corrected chi connectivity index (χ4v) is 3.21. The van der Waals surface area contributed by atoms with Crippen LogP contribution < -0.4 is 5.32 Å². The van der Waals surface area contributed by atoms with Crippen LogP contribution in [0.1, 0.15) is 49.9 Å². The molecular weight excluding hydrogens is 316 g/mol. The fraction of sp³-hybridized carbons (Fsp3) is 0.292. The molecule has 0 bridgehead atoms. The molecule has 0 saturated heterocycles. The molecule has 3 aromatic rings. The first-order chi connectivity index (χ1) is 12.9. The smallest absolute Gasteiger partial charge is 0.0706 e. The molecule has 0 fully saturated rings. The van der Waals surface area contributed by atoms with Crippen molar-refractivity contribution in [1.82, 2.24) is 10.3 Å². The molecule has 1 unspecified atom stereocenters. The second kappa shape index (κ2) is 9.88. The number of hydrogen-bond donors (Lipinski definition) is 1. The van der Waals surface area contributed by atoms with Crippen molar-refractivity contribution in [3.63, 3.8) is 0 Å². The van der Waals surface area contributed by atoms with Crippen molar-refractivity contribution in [3.05, 3.63) is 90.1 Å². The number of rotatable bonds is 9. The van der Waals surface area contributed by atoms with Gasteiger partial charge in [0.15, 0.2) is 0 Å². The number of nitrogens with one attached hydrogen (secondary N) is 1. The van der Waals surface area contributed by atoms with E-state index in [-0.39, 0.29) is 6.04 Å². The van der Waals surface area contributed by atoms with E-state index in [1.165, 1.54) is 30.4 Å². The molecule has 1 atom stereocenters. The normalized spacial score (nSPS) is 12.0. The molecule has 0 aliphatic heterocycles. The van der Waals surface area contributed by atoms with Crippen LogP contribution in [0.2, 0.25) is 0 Å². The van der Waals surface area contributed by atoms with Crippen molar-refractivity contribution in [1.29, 1.82) is 0 Å². The summed E-state index contributed by atoms with van der Waals surface area (Å²) in [5.41, 5.74) is 4.67. The van der Waals surface area contributed by atoms with Crippen LogP contribution in [0.25, 0.3) is 11.3 Å². The third kappa shape index (κ3) is 5.27. The second-order valence-electron chi connectivity index (χ2n) is 6.73. The Labute approximate surface area is 157 Å². The largest absolute Gasteiger partial charge is 0.305 e. The zero-order valence-electron chi connectivity index (χ0n) is 15.6. The maximum Gasteiger partial charge on any atom is 0.0706 e. The average molecular weight is 345 g/mol. The van der Waals surface area contributed by atoms with Crippen LogP contribution in [-0.4, -0.2) is 4.98 Å². The number of hydrogen-bond acceptors (Lipinski definition) is 2. The van der Waals surface area contributed by atoms with Gasteiger partial charge in [-0.05, 0) is 24.1 Å². The Hall–Kier alpha value is -2.45. The Morgan fingerprint density at radius 2 is 1.54 bits per heavy atom. The van der Waals surface area contributed by atoms with Gasteiger partial charge in [0.1, 0.15) is 0 Å². The highest BCUT2D eigenvalue weighted by molar-refractivity contribution is 5.58. The summed E-state index contributed by atoms with van der Waals surface area (Å²) >= 11 is 0. The third-order valence-corrected chi connectivity index (χ3v) is 4.69. The summed E-state index contributed by atoms with van der Waals surface area (Å²) in [6.45, 7) is 3.12. The van der Waals surface area contributed by atoms with E-state index in [9.17, 15) is 0 Å². The number of benzene rings is 2. The first kappa shape index (κ1) is 18.3. The predicted octanol–water partition coefficient (Wildman–Crippen LogP) is 6.16. The standard InChI is InChI=1S/C24H28N2/c1-2-3-6-16-23(25-19-20-12-7-4-8-13-20)24-18-11-17-22(26-24)21-14-9-5-10-15-21/h4-5,7-15,17-18,23,25H,2-3,6,16,19H2,1H3. The van der Waals surface area contributed by atoms with E-state index in [0.717, 1.165) is 24.4 Å². The van der Waals surface area contributed by atoms with Crippen LogP contribution in [0, 0.1) is 0 Å². The molecule has 3 rings (SSSR count). The molecule has 0 radical (unpaired) electrons. The highest BCUT2D eigenvalue weighted by Gasteiger charge is 2.13. The van der Waals surface area contributed by atoms with E-state index < -0.39 is 0 Å². The lowest BCUT2D eigenvalue weighted by atomic mass is 10.0. The SMILES string of the molecule is CCCCCC(NCc1ccccc1)c1cccc(-c2ccccc2)n1. The first-order valence-corrected chi connectivity index (χ1v) is 9.66. The molecule has 1 N–H and O–H groups in total. The van der Waals surface area contributed by atoms with Crippen molar-refractivity contribution in [2.24, 2.45) is 0 Å². The molecule has 134 valence electrons. The molecule has 2 aromatic carbocycles. The van der Waals surface area contributed by atoms with Crippen LogP contribution in [-0.2, 0) is 6.54 Å². The highest BCUT2D eigenvalue weighted by Crippen LogP contribution is 2.23. The van der Waals surface area contributed by atoms with Gasteiger partial charge in [0.05, 0.1) is 11.4 Å². The van der Waals surface area contributed by atoms with Gasteiger partial charge in [-0.1, -0.05) is 92.9 Å². The Bertz CT molecular complexity index is 768. The van der Waals surface area contributed by atoms with Crippen LogP contribution >= 0.6 is 0 Å².